The maximum absolute atomic E-state index is 5.34. The summed E-state index contributed by atoms with van der Waals surface area (Å²) in [5, 5.41) is 7.84. The van der Waals surface area contributed by atoms with Gasteiger partial charge < -0.3 is 4.74 Å². The summed E-state index contributed by atoms with van der Waals surface area (Å²) in [5.74, 6) is 1.81. The van der Waals surface area contributed by atoms with Crippen LogP contribution in [-0.2, 0) is 6.42 Å². The van der Waals surface area contributed by atoms with Gasteiger partial charge in [0.05, 0.1) is 24.0 Å². The Bertz CT molecular complexity index is 1190. The molecule has 156 valence electrons. The molecule has 5 heteroatoms. The van der Waals surface area contributed by atoms with Gasteiger partial charge in [0.2, 0.25) is 0 Å². The highest BCUT2D eigenvalue weighted by Crippen LogP contribution is 2.26. The number of amidine groups is 1. The molecule has 0 spiro atoms. The minimum Gasteiger partial charge on any atom is -0.497 e. The van der Waals surface area contributed by atoms with E-state index in [-0.39, 0.29) is 5.92 Å². The maximum Gasteiger partial charge on any atom is 0.128 e. The fourth-order valence-electron chi connectivity index (χ4n) is 3.85. The molecular weight excluding hydrogens is 384 g/mol. The topological polar surface area (TPSA) is 50.1 Å². The van der Waals surface area contributed by atoms with Gasteiger partial charge in [0.15, 0.2) is 0 Å². The number of allylic oxidation sites excluding steroid dienone is 2. The molecule has 0 N–H and O–H groups in total. The minimum atomic E-state index is 0.127. The molecule has 0 unspecified atom stereocenters. The molecule has 0 saturated heterocycles. The van der Waals surface area contributed by atoms with Crippen LogP contribution in [0.25, 0.3) is 10.9 Å². The molecule has 1 atom stereocenters. The van der Waals surface area contributed by atoms with Crippen molar-refractivity contribution in [1.29, 1.82) is 0 Å². The standard InChI is InChI=1S/C26H26N4O/c1-18(16-21-14-15-28-25-17-22(31-4)11-12-23(21)25)26(27-3)30-19(2)10-13-24(29-30)20-8-6-5-7-9-20/h5-15,17-18H,2,16H2,1,3-4H3/t18-/m1/s1. The second kappa shape index (κ2) is 8.96. The zero-order chi connectivity index (χ0) is 21.8. The molecule has 31 heavy (non-hydrogen) atoms. The van der Waals surface area contributed by atoms with Gasteiger partial charge in [-0.1, -0.05) is 43.8 Å². The average Bonchev–Trinajstić information content (AvgIpc) is 2.81. The van der Waals surface area contributed by atoms with Crippen molar-refractivity contribution >= 4 is 22.5 Å². The molecule has 0 aliphatic carbocycles. The van der Waals surface area contributed by atoms with Gasteiger partial charge in [-0.15, -0.1) is 0 Å². The number of hydrazone groups is 1. The van der Waals surface area contributed by atoms with E-state index in [4.69, 9.17) is 9.84 Å². The fourth-order valence-corrected chi connectivity index (χ4v) is 3.85. The lowest BCUT2D eigenvalue weighted by molar-refractivity contribution is 0.415. The molecule has 2 heterocycles. The number of fused-ring (bicyclic) bond motifs is 1. The molecule has 0 radical (unpaired) electrons. The molecular formula is C26H26N4O. The third-order valence-corrected chi connectivity index (χ3v) is 5.44. The largest absolute Gasteiger partial charge is 0.497 e. The molecule has 0 fully saturated rings. The number of nitrogens with zero attached hydrogens (tertiary/aromatic N) is 4. The van der Waals surface area contributed by atoms with Crippen LogP contribution >= 0.6 is 0 Å². The summed E-state index contributed by atoms with van der Waals surface area (Å²) < 4.78 is 5.34. The number of pyridine rings is 1. The number of benzene rings is 2. The Hall–Kier alpha value is -3.73. The van der Waals surface area contributed by atoms with E-state index in [9.17, 15) is 0 Å². The Morgan fingerprint density at radius 3 is 2.68 bits per heavy atom. The van der Waals surface area contributed by atoms with E-state index in [1.807, 2.05) is 60.7 Å². The third-order valence-electron chi connectivity index (χ3n) is 5.44. The van der Waals surface area contributed by atoms with Crippen LogP contribution < -0.4 is 4.74 Å². The highest BCUT2D eigenvalue weighted by atomic mass is 16.5. The molecule has 0 saturated carbocycles. The number of ether oxygens (including phenoxy) is 1. The number of hydrogen-bond donors (Lipinski definition) is 0. The molecule has 5 nitrogen and oxygen atoms in total. The number of methoxy groups -OCH3 is 1. The first-order valence-electron chi connectivity index (χ1n) is 10.3. The minimum absolute atomic E-state index is 0.127. The van der Waals surface area contributed by atoms with Gasteiger partial charge in [0.1, 0.15) is 11.6 Å². The van der Waals surface area contributed by atoms with Gasteiger partial charge in [-0.25, -0.2) is 5.01 Å². The van der Waals surface area contributed by atoms with Crippen LogP contribution in [-0.4, -0.2) is 35.7 Å². The summed E-state index contributed by atoms with van der Waals surface area (Å²) in [6.07, 6.45) is 6.64. The van der Waals surface area contributed by atoms with E-state index in [1.165, 1.54) is 5.56 Å². The van der Waals surface area contributed by atoms with E-state index < -0.39 is 0 Å². The van der Waals surface area contributed by atoms with E-state index in [1.54, 1.807) is 7.11 Å². The van der Waals surface area contributed by atoms with Crippen molar-refractivity contribution in [2.45, 2.75) is 13.3 Å². The molecule has 1 aliphatic heterocycles. The van der Waals surface area contributed by atoms with Gasteiger partial charge in [0, 0.05) is 36.2 Å². The Kier molecular flexibility index (Phi) is 5.94. The fraction of sp³-hybridized carbons (Fsp3) is 0.192. The highest BCUT2D eigenvalue weighted by molar-refractivity contribution is 6.10. The first-order chi connectivity index (χ1) is 15.1. The smallest absolute Gasteiger partial charge is 0.128 e. The highest BCUT2D eigenvalue weighted by Gasteiger charge is 2.23. The van der Waals surface area contributed by atoms with Gasteiger partial charge in [-0.3, -0.25) is 9.98 Å². The summed E-state index contributed by atoms with van der Waals surface area (Å²) >= 11 is 0. The zero-order valence-corrected chi connectivity index (χ0v) is 18.1. The first kappa shape index (κ1) is 20.5. The molecule has 0 bridgehead atoms. The van der Waals surface area contributed by atoms with Crippen LogP contribution in [0, 0.1) is 5.92 Å². The summed E-state index contributed by atoms with van der Waals surface area (Å²) in [6, 6.07) is 18.2. The zero-order valence-electron chi connectivity index (χ0n) is 18.1. The van der Waals surface area contributed by atoms with E-state index in [0.717, 1.165) is 45.9 Å². The quantitative estimate of drug-likeness (QED) is 0.427. The van der Waals surface area contributed by atoms with E-state index in [0.29, 0.717) is 0 Å². The number of aliphatic imine (C=N–C) groups is 1. The molecule has 1 aromatic heterocycles. The predicted molar refractivity (Wildman–Crippen MR) is 128 cm³/mol. The number of rotatable bonds is 5. The summed E-state index contributed by atoms with van der Waals surface area (Å²) in [5.41, 5.74) is 4.90. The van der Waals surface area contributed by atoms with Gasteiger partial charge in [-0.2, -0.15) is 5.10 Å². The van der Waals surface area contributed by atoms with Crippen molar-refractivity contribution in [3.05, 3.63) is 96.3 Å². The van der Waals surface area contributed by atoms with Crippen LogP contribution in [0.1, 0.15) is 18.1 Å². The summed E-state index contributed by atoms with van der Waals surface area (Å²) in [6.45, 7) is 6.35. The van der Waals surface area contributed by atoms with Gasteiger partial charge in [0.25, 0.3) is 0 Å². The van der Waals surface area contributed by atoms with Crippen molar-refractivity contribution in [1.82, 2.24) is 9.99 Å². The first-order valence-corrected chi connectivity index (χ1v) is 10.3. The Morgan fingerprint density at radius 2 is 1.94 bits per heavy atom. The van der Waals surface area contributed by atoms with Crippen molar-refractivity contribution in [2.75, 3.05) is 14.2 Å². The number of aromatic nitrogens is 1. The lowest BCUT2D eigenvalue weighted by Crippen LogP contribution is -2.33. The normalized spacial score (nSPS) is 15.2. The molecule has 4 rings (SSSR count). The predicted octanol–water partition coefficient (Wildman–Crippen LogP) is 5.24. The second-order valence-corrected chi connectivity index (χ2v) is 7.53. The number of hydrogen-bond acceptors (Lipinski definition) is 4. The lowest BCUT2D eigenvalue weighted by Gasteiger charge is -2.28. The van der Waals surface area contributed by atoms with Crippen LogP contribution in [0.15, 0.2) is 95.3 Å². The van der Waals surface area contributed by atoms with Crippen molar-refractivity contribution in [3.63, 3.8) is 0 Å². The summed E-state index contributed by atoms with van der Waals surface area (Å²) in [4.78, 5) is 9.10. The maximum atomic E-state index is 5.34. The SMILES string of the molecule is C=C1C=CC(c2ccccc2)=NN1C(=NC)[C@H](C)Cc1ccnc2cc(OC)ccc12. The second-order valence-electron chi connectivity index (χ2n) is 7.53. The monoisotopic (exact) mass is 410 g/mol. The van der Waals surface area contributed by atoms with E-state index >= 15 is 0 Å². The molecule has 1 aliphatic rings. The van der Waals surface area contributed by atoms with Crippen LogP contribution in [0.4, 0.5) is 0 Å². The van der Waals surface area contributed by atoms with Gasteiger partial charge in [-0.05, 0) is 42.3 Å². The van der Waals surface area contributed by atoms with Crippen LogP contribution in [0.2, 0.25) is 0 Å². The summed E-state index contributed by atoms with van der Waals surface area (Å²) in [7, 11) is 3.48. The van der Waals surface area contributed by atoms with Crippen molar-refractivity contribution in [3.8, 4) is 5.75 Å². The Balaban J connectivity index is 1.62. The van der Waals surface area contributed by atoms with Crippen LogP contribution in [0.5, 0.6) is 5.75 Å². The van der Waals surface area contributed by atoms with Gasteiger partial charge >= 0.3 is 0 Å². The molecule has 3 aromatic rings. The lowest BCUT2D eigenvalue weighted by atomic mass is 9.96. The average molecular weight is 411 g/mol. The van der Waals surface area contributed by atoms with Crippen molar-refractivity contribution in [2.24, 2.45) is 16.0 Å². The van der Waals surface area contributed by atoms with E-state index in [2.05, 4.69) is 47.7 Å². The van der Waals surface area contributed by atoms with Crippen LogP contribution in [0.3, 0.4) is 0 Å². The van der Waals surface area contributed by atoms with Crippen molar-refractivity contribution < 1.29 is 4.74 Å². The Morgan fingerprint density at radius 1 is 1.13 bits per heavy atom. The molecule has 0 amide bonds. The third kappa shape index (κ3) is 4.26. The Labute approximate surface area is 183 Å². The molecule has 2 aromatic carbocycles.